The lowest BCUT2D eigenvalue weighted by atomic mass is 10.1. The predicted molar refractivity (Wildman–Crippen MR) is 71.1 cm³/mol. The average Bonchev–Trinajstić information content (AvgIpc) is 3.24. The Kier molecular flexibility index (Phi) is 3.02. The van der Waals surface area contributed by atoms with Crippen molar-refractivity contribution in [1.82, 2.24) is 4.90 Å². The third kappa shape index (κ3) is 2.47. The molecule has 0 aromatic heterocycles. The Morgan fingerprint density at radius 1 is 1.47 bits per heavy atom. The van der Waals surface area contributed by atoms with Gasteiger partial charge in [0, 0.05) is 16.6 Å². The summed E-state index contributed by atoms with van der Waals surface area (Å²) in [4.78, 5) is 14.1. The quantitative estimate of drug-likeness (QED) is 0.922. The van der Waals surface area contributed by atoms with Gasteiger partial charge in [-0.2, -0.15) is 0 Å². The van der Waals surface area contributed by atoms with Gasteiger partial charge in [0.15, 0.2) is 0 Å². The maximum Gasteiger partial charge on any atom is 0.243 e. The first-order valence-corrected chi connectivity index (χ1v) is 6.92. The third-order valence-electron chi connectivity index (χ3n) is 3.85. The molecule has 0 spiro atoms. The number of benzene rings is 1. The summed E-state index contributed by atoms with van der Waals surface area (Å²) < 4.78 is 13.8. The minimum atomic E-state index is -0.708. The molecular formula is C14H16ClFN2O. The van der Waals surface area contributed by atoms with E-state index in [-0.39, 0.29) is 24.3 Å². The van der Waals surface area contributed by atoms with Gasteiger partial charge in [0.2, 0.25) is 5.91 Å². The summed E-state index contributed by atoms with van der Waals surface area (Å²) >= 11 is 6.02. The number of hydrogen-bond donors (Lipinski definition) is 1. The van der Waals surface area contributed by atoms with Gasteiger partial charge in [0.05, 0.1) is 12.1 Å². The molecule has 2 aliphatic carbocycles. The lowest BCUT2D eigenvalue weighted by Crippen LogP contribution is -2.46. The smallest absolute Gasteiger partial charge is 0.243 e. The molecule has 0 radical (unpaired) electrons. The van der Waals surface area contributed by atoms with Gasteiger partial charge in [0.25, 0.3) is 0 Å². The van der Waals surface area contributed by atoms with E-state index >= 15 is 0 Å². The van der Waals surface area contributed by atoms with Crippen LogP contribution in [0.3, 0.4) is 0 Å². The number of hydrogen-bond acceptors (Lipinski definition) is 2. The molecule has 2 fully saturated rings. The van der Waals surface area contributed by atoms with Crippen LogP contribution in [0.5, 0.6) is 0 Å². The molecule has 3 nitrogen and oxygen atoms in total. The van der Waals surface area contributed by atoms with Crippen molar-refractivity contribution in [3.63, 3.8) is 0 Å². The van der Waals surface area contributed by atoms with Crippen LogP contribution < -0.4 is 5.73 Å². The molecule has 0 saturated heterocycles. The lowest BCUT2D eigenvalue weighted by Gasteiger charge is -2.26. The van der Waals surface area contributed by atoms with Crippen molar-refractivity contribution in [3.8, 4) is 0 Å². The van der Waals surface area contributed by atoms with Crippen molar-refractivity contribution in [2.45, 2.75) is 43.8 Å². The number of carbonyl (C=O) groups excluding carboxylic acids is 1. The van der Waals surface area contributed by atoms with Gasteiger partial charge < -0.3 is 10.6 Å². The Morgan fingerprint density at radius 2 is 2.16 bits per heavy atom. The first-order chi connectivity index (χ1) is 9.01. The van der Waals surface area contributed by atoms with Gasteiger partial charge in [0.1, 0.15) is 5.82 Å². The van der Waals surface area contributed by atoms with Crippen LogP contribution in [-0.2, 0) is 11.3 Å². The molecule has 1 aromatic carbocycles. The van der Waals surface area contributed by atoms with Gasteiger partial charge in [-0.3, -0.25) is 4.79 Å². The van der Waals surface area contributed by atoms with Crippen LogP contribution in [0.2, 0.25) is 5.02 Å². The highest BCUT2D eigenvalue weighted by atomic mass is 35.5. The van der Waals surface area contributed by atoms with Crippen molar-refractivity contribution in [2.75, 3.05) is 0 Å². The SMILES string of the molecule is NC1(C(=O)N(Cc2c(F)cccc2Cl)C2CC2)CC1. The number of rotatable bonds is 4. The Labute approximate surface area is 116 Å². The molecular weight excluding hydrogens is 267 g/mol. The summed E-state index contributed by atoms with van der Waals surface area (Å²) in [6, 6.07) is 4.77. The van der Waals surface area contributed by atoms with Crippen molar-refractivity contribution in [2.24, 2.45) is 5.73 Å². The standard InChI is InChI=1S/C14H16ClFN2O/c15-11-2-1-3-12(16)10(11)8-18(9-4-5-9)13(19)14(17)6-7-14/h1-3,9H,4-8,17H2. The predicted octanol–water partition coefficient (Wildman–Crippen LogP) is 2.46. The Morgan fingerprint density at radius 3 is 2.68 bits per heavy atom. The molecule has 1 amide bonds. The second kappa shape index (κ2) is 4.46. The molecule has 19 heavy (non-hydrogen) atoms. The molecule has 1 aromatic rings. The van der Waals surface area contributed by atoms with Crippen molar-refractivity contribution < 1.29 is 9.18 Å². The molecule has 102 valence electrons. The zero-order valence-electron chi connectivity index (χ0n) is 10.5. The molecule has 3 rings (SSSR count). The maximum atomic E-state index is 13.8. The summed E-state index contributed by atoms with van der Waals surface area (Å²) in [6.07, 6.45) is 3.38. The summed E-state index contributed by atoms with van der Waals surface area (Å²) in [7, 11) is 0. The van der Waals surface area contributed by atoms with E-state index < -0.39 is 5.54 Å². The number of nitrogens with zero attached hydrogens (tertiary/aromatic N) is 1. The number of amides is 1. The monoisotopic (exact) mass is 282 g/mol. The fraction of sp³-hybridized carbons (Fsp3) is 0.500. The molecule has 0 unspecified atom stereocenters. The first-order valence-electron chi connectivity index (χ1n) is 6.54. The molecule has 0 bridgehead atoms. The molecule has 0 atom stereocenters. The maximum absolute atomic E-state index is 13.8. The molecule has 2 saturated carbocycles. The van der Waals surface area contributed by atoms with Gasteiger partial charge in [-0.05, 0) is 37.8 Å². The van der Waals surface area contributed by atoms with E-state index in [9.17, 15) is 9.18 Å². The minimum Gasteiger partial charge on any atom is -0.334 e. The fourth-order valence-corrected chi connectivity index (χ4v) is 2.46. The highest BCUT2D eigenvalue weighted by Crippen LogP contribution is 2.39. The number of nitrogens with two attached hydrogens (primary N) is 1. The summed E-state index contributed by atoms with van der Waals surface area (Å²) in [5, 5.41) is 0.361. The van der Waals surface area contributed by atoms with Crippen molar-refractivity contribution in [1.29, 1.82) is 0 Å². The highest BCUT2D eigenvalue weighted by Gasteiger charge is 2.50. The summed E-state index contributed by atoms with van der Waals surface area (Å²) in [5.41, 5.74) is 5.64. The van der Waals surface area contributed by atoms with Crippen molar-refractivity contribution >= 4 is 17.5 Å². The van der Waals surface area contributed by atoms with Crippen LogP contribution in [0.1, 0.15) is 31.2 Å². The number of halogens is 2. The van der Waals surface area contributed by atoms with E-state index in [4.69, 9.17) is 17.3 Å². The molecule has 0 heterocycles. The van der Waals surface area contributed by atoms with Crippen LogP contribution in [0.25, 0.3) is 0 Å². The van der Waals surface area contributed by atoms with Gasteiger partial charge in [-0.15, -0.1) is 0 Å². The first kappa shape index (κ1) is 12.9. The van der Waals surface area contributed by atoms with E-state index in [1.807, 2.05) is 0 Å². The zero-order valence-corrected chi connectivity index (χ0v) is 11.3. The van der Waals surface area contributed by atoms with Crippen LogP contribution in [0, 0.1) is 5.82 Å². The Balaban J connectivity index is 1.84. The molecule has 0 aliphatic heterocycles. The van der Waals surface area contributed by atoms with Crippen LogP contribution in [-0.4, -0.2) is 22.4 Å². The van der Waals surface area contributed by atoms with E-state index in [1.54, 1.807) is 17.0 Å². The molecule has 2 N–H and O–H groups in total. The van der Waals surface area contributed by atoms with Crippen molar-refractivity contribution in [3.05, 3.63) is 34.6 Å². The van der Waals surface area contributed by atoms with Gasteiger partial charge in [-0.1, -0.05) is 17.7 Å². The van der Waals surface area contributed by atoms with Gasteiger partial charge in [-0.25, -0.2) is 4.39 Å². The largest absolute Gasteiger partial charge is 0.334 e. The zero-order chi connectivity index (χ0) is 13.6. The summed E-state index contributed by atoms with van der Waals surface area (Å²) in [6.45, 7) is 0.216. The van der Waals surface area contributed by atoms with Gasteiger partial charge >= 0.3 is 0 Å². The molecule has 2 aliphatic rings. The normalized spacial score (nSPS) is 20.2. The van der Waals surface area contributed by atoms with Crippen LogP contribution in [0.4, 0.5) is 4.39 Å². The third-order valence-corrected chi connectivity index (χ3v) is 4.21. The highest BCUT2D eigenvalue weighted by molar-refractivity contribution is 6.31. The van der Waals surface area contributed by atoms with E-state index in [1.165, 1.54) is 6.07 Å². The minimum absolute atomic E-state index is 0.0608. The Hall–Kier alpha value is -1.13. The second-order valence-corrected chi connectivity index (χ2v) is 5.93. The average molecular weight is 283 g/mol. The van der Waals surface area contributed by atoms with E-state index in [0.717, 1.165) is 25.7 Å². The second-order valence-electron chi connectivity index (χ2n) is 5.52. The van der Waals surface area contributed by atoms with E-state index in [0.29, 0.717) is 10.6 Å². The lowest BCUT2D eigenvalue weighted by molar-refractivity contribution is -0.134. The fourth-order valence-electron chi connectivity index (χ4n) is 2.24. The van der Waals surface area contributed by atoms with E-state index in [2.05, 4.69) is 0 Å². The van der Waals surface area contributed by atoms with Crippen LogP contribution >= 0.6 is 11.6 Å². The Bertz CT molecular complexity index is 506. The topological polar surface area (TPSA) is 46.3 Å². The van der Waals surface area contributed by atoms with Crippen LogP contribution in [0.15, 0.2) is 18.2 Å². The summed E-state index contributed by atoms with van der Waals surface area (Å²) in [5.74, 6) is -0.429. The molecule has 5 heteroatoms. The number of carbonyl (C=O) groups is 1.